The Morgan fingerprint density at radius 2 is 2.24 bits per heavy atom. The third-order valence-electron chi connectivity index (χ3n) is 2.65. The summed E-state index contributed by atoms with van der Waals surface area (Å²) in [6.07, 6.45) is 3.24. The van der Waals surface area contributed by atoms with Crippen molar-refractivity contribution < 1.29 is 9.84 Å². The van der Waals surface area contributed by atoms with Gasteiger partial charge in [-0.1, -0.05) is 23.7 Å². The number of imidazole rings is 1. The van der Waals surface area contributed by atoms with E-state index in [0.717, 1.165) is 0 Å². The maximum Gasteiger partial charge on any atom is 0.148 e. The fourth-order valence-corrected chi connectivity index (χ4v) is 2.01. The van der Waals surface area contributed by atoms with Gasteiger partial charge in [0.15, 0.2) is 0 Å². The number of methoxy groups -OCH3 is 1. The Kier molecular flexibility index (Phi) is 3.09. The molecule has 90 valence electrons. The molecule has 0 aliphatic rings. The molecular weight excluding hydrogens is 240 g/mol. The number of aromatic nitrogens is 2. The molecule has 1 atom stereocenters. The molecule has 2 aromatic rings. The highest BCUT2D eigenvalue weighted by atomic mass is 35.5. The first-order valence-electron chi connectivity index (χ1n) is 5.12. The first kappa shape index (κ1) is 12.0. The van der Waals surface area contributed by atoms with E-state index >= 15 is 0 Å². The second kappa shape index (κ2) is 4.39. The smallest absolute Gasteiger partial charge is 0.148 e. The van der Waals surface area contributed by atoms with Crippen molar-refractivity contribution in [1.29, 1.82) is 0 Å². The molecule has 0 aliphatic heterocycles. The fourth-order valence-electron chi connectivity index (χ4n) is 1.76. The molecule has 0 aliphatic carbocycles. The molecule has 1 unspecified atom stereocenters. The summed E-state index contributed by atoms with van der Waals surface area (Å²) in [5.41, 5.74) is -0.706. The van der Waals surface area contributed by atoms with Gasteiger partial charge in [0.05, 0.1) is 12.1 Å². The van der Waals surface area contributed by atoms with Gasteiger partial charge in [-0.15, -0.1) is 0 Å². The van der Waals surface area contributed by atoms with Crippen molar-refractivity contribution in [2.45, 2.75) is 12.5 Å². The Balaban J connectivity index is 2.57. The molecule has 0 spiro atoms. The summed E-state index contributed by atoms with van der Waals surface area (Å²) >= 11 is 6.03. The van der Waals surface area contributed by atoms with Crippen LogP contribution in [0.4, 0.5) is 0 Å². The van der Waals surface area contributed by atoms with Gasteiger partial charge in [0.1, 0.15) is 17.2 Å². The van der Waals surface area contributed by atoms with E-state index in [-0.39, 0.29) is 0 Å². The number of H-pyrrole nitrogens is 1. The predicted octanol–water partition coefficient (Wildman–Crippen LogP) is 2.33. The molecule has 0 fully saturated rings. The average molecular weight is 253 g/mol. The maximum absolute atomic E-state index is 10.6. The molecule has 17 heavy (non-hydrogen) atoms. The number of nitrogens with zero attached hydrogens (tertiary/aromatic N) is 1. The monoisotopic (exact) mass is 252 g/mol. The van der Waals surface area contributed by atoms with Gasteiger partial charge in [-0.25, -0.2) is 4.98 Å². The highest BCUT2D eigenvalue weighted by Gasteiger charge is 2.32. The Labute approximate surface area is 104 Å². The summed E-state index contributed by atoms with van der Waals surface area (Å²) in [7, 11) is 1.52. The van der Waals surface area contributed by atoms with E-state index in [1.807, 2.05) is 0 Å². The number of nitrogens with one attached hydrogen (secondary N) is 1. The SMILES string of the molecule is COc1c(Cl)cccc1C(C)(O)c1ncc[nH]1. The number of rotatable bonds is 3. The number of halogens is 1. The van der Waals surface area contributed by atoms with Crippen LogP contribution in [0.5, 0.6) is 5.75 Å². The lowest BCUT2D eigenvalue weighted by molar-refractivity contribution is 0.0901. The Morgan fingerprint density at radius 1 is 1.47 bits per heavy atom. The summed E-state index contributed by atoms with van der Waals surface area (Å²) in [4.78, 5) is 6.95. The summed E-state index contributed by atoms with van der Waals surface area (Å²) in [5, 5.41) is 11.0. The van der Waals surface area contributed by atoms with Crippen LogP contribution in [-0.2, 0) is 5.60 Å². The maximum atomic E-state index is 10.6. The zero-order chi connectivity index (χ0) is 12.5. The zero-order valence-corrected chi connectivity index (χ0v) is 10.3. The van der Waals surface area contributed by atoms with Crippen LogP contribution in [-0.4, -0.2) is 22.2 Å². The molecule has 1 aromatic heterocycles. The molecule has 1 heterocycles. The van der Waals surface area contributed by atoms with Gasteiger partial charge in [-0.05, 0) is 13.0 Å². The number of aliphatic hydroxyl groups is 1. The minimum Gasteiger partial charge on any atom is -0.495 e. The van der Waals surface area contributed by atoms with Crippen molar-refractivity contribution in [2.75, 3.05) is 7.11 Å². The van der Waals surface area contributed by atoms with E-state index in [1.54, 1.807) is 37.5 Å². The lowest BCUT2D eigenvalue weighted by Gasteiger charge is -2.24. The van der Waals surface area contributed by atoms with Crippen molar-refractivity contribution in [3.8, 4) is 5.75 Å². The minimum atomic E-state index is -1.28. The summed E-state index contributed by atoms with van der Waals surface area (Å²) in [6.45, 7) is 1.64. The van der Waals surface area contributed by atoms with E-state index in [0.29, 0.717) is 22.2 Å². The first-order valence-corrected chi connectivity index (χ1v) is 5.50. The Bertz CT molecular complexity index is 509. The Hall–Kier alpha value is -1.52. The number of aromatic amines is 1. The highest BCUT2D eigenvalue weighted by Crippen LogP contribution is 2.37. The number of hydrogen-bond donors (Lipinski definition) is 2. The number of para-hydroxylation sites is 1. The first-order chi connectivity index (χ1) is 8.07. The molecule has 2 rings (SSSR count). The summed E-state index contributed by atoms with van der Waals surface area (Å²) in [6, 6.07) is 5.23. The molecule has 2 N–H and O–H groups in total. The van der Waals surface area contributed by atoms with Crippen LogP contribution in [0, 0.1) is 0 Å². The van der Waals surface area contributed by atoms with Gasteiger partial charge in [-0.3, -0.25) is 0 Å². The standard InChI is InChI=1S/C12H13ClN2O2/c1-12(16,11-14-6-7-15-11)8-4-3-5-9(13)10(8)17-2/h3-7,16H,1-2H3,(H,14,15). The normalized spacial score (nSPS) is 14.4. The van der Waals surface area contributed by atoms with E-state index in [1.165, 1.54) is 7.11 Å². The molecule has 5 heteroatoms. The topological polar surface area (TPSA) is 58.1 Å². The van der Waals surface area contributed by atoms with Gasteiger partial charge in [0, 0.05) is 18.0 Å². The van der Waals surface area contributed by atoms with Crippen LogP contribution in [0.25, 0.3) is 0 Å². The third-order valence-corrected chi connectivity index (χ3v) is 2.95. The molecule has 0 amide bonds. The average Bonchev–Trinajstić information content (AvgIpc) is 2.82. The quantitative estimate of drug-likeness (QED) is 0.882. The van der Waals surface area contributed by atoms with Crippen LogP contribution in [0.3, 0.4) is 0 Å². The summed E-state index contributed by atoms with van der Waals surface area (Å²) in [5.74, 6) is 0.897. The summed E-state index contributed by atoms with van der Waals surface area (Å²) < 4.78 is 5.23. The number of ether oxygens (including phenoxy) is 1. The number of benzene rings is 1. The van der Waals surface area contributed by atoms with Crippen LogP contribution < -0.4 is 4.74 Å². The van der Waals surface area contributed by atoms with Gasteiger partial charge in [-0.2, -0.15) is 0 Å². The van der Waals surface area contributed by atoms with Crippen molar-refractivity contribution in [2.24, 2.45) is 0 Å². The lowest BCUT2D eigenvalue weighted by Crippen LogP contribution is -2.25. The third kappa shape index (κ3) is 2.01. The number of hydrogen-bond acceptors (Lipinski definition) is 3. The van der Waals surface area contributed by atoms with Crippen LogP contribution in [0.15, 0.2) is 30.6 Å². The Morgan fingerprint density at radius 3 is 2.82 bits per heavy atom. The van der Waals surface area contributed by atoms with Gasteiger partial charge in [0.2, 0.25) is 0 Å². The largest absolute Gasteiger partial charge is 0.495 e. The van der Waals surface area contributed by atoms with Crippen molar-refractivity contribution >= 4 is 11.6 Å². The van der Waals surface area contributed by atoms with Crippen LogP contribution in [0.2, 0.25) is 5.02 Å². The van der Waals surface area contributed by atoms with Gasteiger partial charge >= 0.3 is 0 Å². The van der Waals surface area contributed by atoms with Crippen LogP contribution >= 0.6 is 11.6 Å². The van der Waals surface area contributed by atoms with Crippen LogP contribution in [0.1, 0.15) is 18.3 Å². The van der Waals surface area contributed by atoms with E-state index in [2.05, 4.69) is 9.97 Å². The minimum absolute atomic E-state index is 0.443. The molecule has 0 bridgehead atoms. The molecule has 4 nitrogen and oxygen atoms in total. The zero-order valence-electron chi connectivity index (χ0n) is 9.57. The lowest BCUT2D eigenvalue weighted by atomic mass is 9.94. The fraction of sp³-hybridized carbons (Fsp3) is 0.250. The second-order valence-electron chi connectivity index (χ2n) is 3.83. The van der Waals surface area contributed by atoms with Crippen molar-refractivity contribution in [3.05, 3.63) is 47.0 Å². The highest BCUT2D eigenvalue weighted by molar-refractivity contribution is 6.32. The predicted molar refractivity (Wildman–Crippen MR) is 65.3 cm³/mol. The molecule has 1 aromatic carbocycles. The van der Waals surface area contributed by atoms with E-state index < -0.39 is 5.60 Å². The van der Waals surface area contributed by atoms with Crippen molar-refractivity contribution in [1.82, 2.24) is 9.97 Å². The molecule has 0 saturated carbocycles. The van der Waals surface area contributed by atoms with Gasteiger partial charge in [0.25, 0.3) is 0 Å². The van der Waals surface area contributed by atoms with Crippen molar-refractivity contribution in [3.63, 3.8) is 0 Å². The molecule has 0 radical (unpaired) electrons. The van der Waals surface area contributed by atoms with E-state index in [9.17, 15) is 5.11 Å². The second-order valence-corrected chi connectivity index (χ2v) is 4.24. The molecular formula is C12H13ClN2O2. The molecule has 0 saturated heterocycles. The van der Waals surface area contributed by atoms with E-state index in [4.69, 9.17) is 16.3 Å². The van der Waals surface area contributed by atoms with Gasteiger partial charge < -0.3 is 14.8 Å².